The van der Waals surface area contributed by atoms with E-state index in [1.807, 2.05) is 0 Å². The van der Waals surface area contributed by atoms with Crippen LogP contribution in [0.25, 0.3) is 90.7 Å². The van der Waals surface area contributed by atoms with E-state index in [2.05, 4.69) is 168 Å². The van der Waals surface area contributed by atoms with Crippen LogP contribution in [-0.2, 0) is 0 Å². The smallest absolute Gasteiger partial charge is 0.184 e. The molecule has 2 aliphatic rings. The van der Waals surface area contributed by atoms with E-state index in [-0.39, 0.29) is 19.0 Å². The SMILES string of the molecule is CCN(CC)CCSc1nc2c(nc1SCCN(CC)CC)-c1nc-2nc2[nH]c(nc3nc(nc4[nH]c(n1)c1nc(SC(C)(C)C)c(SC(C)(C)C)nc41)-c1nc(SC(C)(C)C)c(SC(C)(C)C)nc1-3)c1nc(SCCN(CC)CC)c(SCCN(CC)CC)nc21. The van der Waals surface area contributed by atoms with Crippen LogP contribution in [0.2, 0.25) is 0 Å². The summed E-state index contributed by atoms with van der Waals surface area (Å²) in [6.45, 7) is 55.3. The number of nitrogens with one attached hydrogen (secondary N) is 2. The van der Waals surface area contributed by atoms with Crippen LogP contribution in [0.15, 0.2) is 40.2 Å². The second-order valence-corrected chi connectivity index (χ2v) is 37.7. The third-order valence-corrected chi connectivity index (χ3v) is 23.3. The standard InChI is InChI=1S/C64H94N20S8/c1-21-81(22-2)29-33-85-53-55(87-35-31-83(25-5)26-6)67-39-37(65-53)45-73-46-38-40(68-56(88-36-32-84(27-7)28-8)54(66-38)86-34-30-82(23-3)24-4)48(75-46)77-50-42-44(72-60(92-64(18,19)20)58(70-42)90-62(12,13)14)52(79-50)80-51-43-41(49(78-51)76-47(39)74-45)69-57(89-61(9,10)11)59(71-43)91-63(15,16)17/h21-36H2,1-20H3,(H2,73,74,75,76,77,78,79,80). The van der Waals surface area contributed by atoms with Gasteiger partial charge in [0, 0.05) is 68.2 Å². The lowest BCUT2D eigenvalue weighted by atomic mass is 10.3. The van der Waals surface area contributed by atoms with Crippen molar-refractivity contribution in [3.8, 4) is 46.1 Å². The van der Waals surface area contributed by atoms with Crippen LogP contribution in [-0.4, -0.2) is 220 Å². The zero-order chi connectivity index (χ0) is 66.5. The summed E-state index contributed by atoms with van der Waals surface area (Å²) in [7, 11) is 0. The largest absolute Gasteiger partial charge is 0.321 e. The van der Waals surface area contributed by atoms with Gasteiger partial charge in [0.1, 0.15) is 85.1 Å². The molecular formula is C64H94N20S8. The molecule has 0 aliphatic carbocycles. The molecule has 28 heteroatoms. The number of thioether (sulfide) groups is 8. The second kappa shape index (κ2) is 31.2. The van der Waals surface area contributed by atoms with Crippen molar-refractivity contribution in [2.45, 2.75) is 198 Å². The number of hydrogen-bond donors (Lipinski definition) is 2. The van der Waals surface area contributed by atoms with E-state index in [4.69, 9.17) is 69.8 Å². The molecule has 2 aliphatic heterocycles. The Morgan fingerprint density at radius 1 is 0.261 bits per heavy atom. The fourth-order valence-corrected chi connectivity index (χ4v) is 18.0. The number of rotatable bonds is 28. The van der Waals surface area contributed by atoms with Gasteiger partial charge in [0.25, 0.3) is 0 Å². The Bertz CT molecular complexity index is 3890. The van der Waals surface area contributed by atoms with E-state index in [0.29, 0.717) is 90.7 Å². The number of fused-ring (bicyclic) bond motifs is 20. The van der Waals surface area contributed by atoms with Gasteiger partial charge in [0.2, 0.25) is 0 Å². The molecule has 0 spiro atoms. The van der Waals surface area contributed by atoms with Crippen LogP contribution in [0.1, 0.15) is 138 Å². The lowest BCUT2D eigenvalue weighted by Crippen LogP contribution is -2.25. The summed E-state index contributed by atoms with van der Waals surface area (Å²) in [5, 5.41) is 6.44. The molecule has 0 saturated carbocycles. The van der Waals surface area contributed by atoms with Crippen LogP contribution in [0, 0.1) is 0 Å². The van der Waals surface area contributed by atoms with E-state index >= 15 is 0 Å². The van der Waals surface area contributed by atoms with E-state index < -0.39 is 0 Å². The van der Waals surface area contributed by atoms with Gasteiger partial charge >= 0.3 is 0 Å². The molecule has 498 valence electrons. The highest BCUT2D eigenvalue weighted by Crippen LogP contribution is 2.46. The van der Waals surface area contributed by atoms with Gasteiger partial charge in [-0.15, -0.1) is 47.0 Å². The Morgan fingerprint density at radius 2 is 0.457 bits per heavy atom. The van der Waals surface area contributed by atoms with Crippen molar-refractivity contribution in [1.82, 2.24) is 99.3 Å². The zero-order valence-corrected chi connectivity index (χ0v) is 64.2. The van der Waals surface area contributed by atoms with Gasteiger partial charge in [0.05, 0.1) is 0 Å². The first kappa shape index (κ1) is 72.6. The summed E-state index contributed by atoms with van der Waals surface area (Å²) < 4.78 is -0.819. The summed E-state index contributed by atoms with van der Waals surface area (Å²) in [6, 6.07) is 0. The maximum absolute atomic E-state index is 5.57. The van der Waals surface area contributed by atoms with Gasteiger partial charge in [-0.25, -0.2) is 69.8 Å². The molecular weight excluding hydrogens is 1310 g/mol. The summed E-state index contributed by atoms with van der Waals surface area (Å²) in [5.74, 6) is 4.56. The lowest BCUT2D eigenvalue weighted by Gasteiger charge is -2.22. The molecule has 0 fully saturated rings. The van der Waals surface area contributed by atoms with Crippen LogP contribution in [0.5, 0.6) is 0 Å². The number of H-pyrrole nitrogens is 2. The van der Waals surface area contributed by atoms with Crippen LogP contribution < -0.4 is 0 Å². The van der Waals surface area contributed by atoms with Crippen molar-refractivity contribution in [1.29, 1.82) is 0 Å². The fraction of sp³-hybridized carbons (Fsp3) is 0.625. The molecule has 0 aromatic carbocycles. The number of nitrogens with zero attached hydrogens (tertiary/aromatic N) is 18. The Labute approximate surface area is 578 Å². The van der Waals surface area contributed by atoms with Gasteiger partial charge in [0.15, 0.2) is 45.9 Å². The Hall–Kier alpha value is -3.68. The monoisotopic (exact) mass is 1400 g/mol. The van der Waals surface area contributed by atoms with Crippen molar-refractivity contribution < 1.29 is 0 Å². The normalized spacial score (nSPS) is 13.1. The molecule has 7 aromatic rings. The van der Waals surface area contributed by atoms with Gasteiger partial charge in [-0.3, -0.25) is 0 Å². The summed E-state index contributed by atoms with van der Waals surface area (Å²) in [5.41, 5.74) is 5.72. The first-order chi connectivity index (χ1) is 43.6. The highest BCUT2D eigenvalue weighted by molar-refractivity contribution is 8.04. The number of aromatic amines is 2. The van der Waals surface area contributed by atoms with Crippen LogP contribution >= 0.6 is 94.1 Å². The van der Waals surface area contributed by atoms with Gasteiger partial charge in [-0.1, -0.05) is 186 Å². The van der Waals surface area contributed by atoms with E-state index in [9.17, 15) is 0 Å². The van der Waals surface area contributed by atoms with Gasteiger partial charge in [-0.05, 0) is 52.4 Å². The minimum atomic E-state index is -0.206. The van der Waals surface area contributed by atoms with Crippen molar-refractivity contribution >= 4 is 139 Å². The quantitative estimate of drug-likeness (QED) is 0.0435. The van der Waals surface area contributed by atoms with E-state index in [0.717, 1.165) is 142 Å². The fourth-order valence-electron chi connectivity index (χ4n) is 9.88. The Kier molecular flexibility index (Phi) is 24.6. The molecule has 8 bridgehead atoms. The average Bonchev–Trinajstić information content (AvgIpc) is 1.46. The number of hydrogen-bond acceptors (Lipinski definition) is 26. The molecule has 2 N–H and O–H groups in total. The van der Waals surface area contributed by atoms with Crippen molar-refractivity contribution in [3.63, 3.8) is 0 Å². The lowest BCUT2D eigenvalue weighted by molar-refractivity contribution is 0.323. The third-order valence-electron chi connectivity index (χ3n) is 14.6. The molecule has 9 rings (SSSR count). The van der Waals surface area contributed by atoms with Crippen molar-refractivity contribution in [3.05, 3.63) is 0 Å². The molecule has 0 saturated heterocycles. The minimum Gasteiger partial charge on any atom is -0.321 e. The Morgan fingerprint density at radius 3 is 0.674 bits per heavy atom. The van der Waals surface area contributed by atoms with Crippen molar-refractivity contribution in [2.24, 2.45) is 0 Å². The topological polar surface area (TPSA) is 225 Å². The zero-order valence-electron chi connectivity index (χ0n) is 57.6. The summed E-state index contributed by atoms with van der Waals surface area (Å²) >= 11 is 13.6. The average molecular weight is 1400 g/mol. The predicted molar refractivity (Wildman–Crippen MR) is 395 cm³/mol. The third kappa shape index (κ3) is 18.5. The van der Waals surface area contributed by atoms with Gasteiger partial charge in [-0.2, -0.15) is 0 Å². The Balaban J connectivity index is 1.43. The predicted octanol–water partition coefficient (Wildman–Crippen LogP) is 15.3. The second-order valence-electron chi connectivity index (χ2n) is 26.1. The van der Waals surface area contributed by atoms with E-state index in [1.54, 1.807) is 94.1 Å². The minimum absolute atomic E-state index is 0.204. The molecule has 0 unspecified atom stereocenters. The molecule has 20 nitrogen and oxygen atoms in total. The maximum atomic E-state index is 5.57. The molecule has 0 atom stereocenters. The first-order valence-corrected chi connectivity index (χ1v) is 39.5. The maximum Gasteiger partial charge on any atom is 0.184 e. The highest BCUT2D eigenvalue weighted by Gasteiger charge is 2.33. The molecule has 0 radical (unpaired) electrons. The summed E-state index contributed by atoms with van der Waals surface area (Å²) in [6.07, 6.45) is 0. The number of aromatic nitrogens is 16. The van der Waals surface area contributed by atoms with E-state index in [1.165, 1.54) is 0 Å². The highest BCUT2D eigenvalue weighted by atomic mass is 32.2. The first-order valence-electron chi connectivity index (χ1n) is 32.3. The van der Waals surface area contributed by atoms with Crippen molar-refractivity contribution in [2.75, 3.05) is 102 Å². The molecule has 0 amide bonds. The molecule has 7 aromatic heterocycles. The van der Waals surface area contributed by atoms with Crippen LogP contribution in [0.4, 0.5) is 0 Å². The molecule has 9 heterocycles. The summed E-state index contributed by atoms with van der Waals surface area (Å²) in [4.78, 5) is 94.0. The van der Waals surface area contributed by atoms with Crippen LogP contribution in [0.3, 0.4) is 0 Å². The molecule has 92 heavy (non-hydrogen) atoms. The van der Waals surface area contributed by atoms with Gasteiger partial charge < -0.3 is 29.6 Å².